The van der Waals surface area contributed by atoms with Crippen molar-refractivity contribution in [2.75, 3.05) is 0 Å². The van der Waals surface area contributed by atoms with Crippen molar-refractivity contribution in [2.24, 2.45) is 0 Å². The smallest absolute Gasteiger partial charge is 0.101 e. The number of hydrogen-bond acceptors (Lipinski definition) is 12. The van der Waals surface area contributed by atoms with Crippen molar-refractivity contribution >= 4 is 94.1 Å². The molecule has 0 saturated carbocycles. The minimum absolute atomic E-state index is 0.989. The molecule has 0 fully saturated rings. The van der Waals surface area contributed by atoms with E-state index in [1.165, 1.54) is 25.4 Å². The van der Waals surface area contributed by atoms with Crippen molar-refractivity contribution in [3.05, 3.63) is 123 Å². The van der Waals surface area contributed by atoms with Gasteiger partial charge in [-0.05, 0) is 48.5 Å². The number of thioether (sulfide) groups is 8. The van der Waals surface area contributed by atoms with E-state index in [9.17, 15) is 0 Å². The monoisotopic (exact) mass is 640 g/mol. The molecule has 4 nitrogen and oxygen atoms in total. The Balaban J connectivity index is 1.28. The van der Waals surface area contributed by atoms with E-state index in [2.05, 4.69) is 44.2 Å². The molecular formula is C26H16N4S8. The predicted octanol–water partition coefficient (Wildman–Crippen LogP) is 10.1. The summed E-state index contributed by atoms with van der Waals surface area (Å²) in [5.74, 6) is 0. The lowest BCUT2D eigenvalue weighted by Crippen LogP contribution is -1.79. The van der Waals surface area contributed by atoms with Crippen LogP contribution in [0.4, 0.5) is 0 Å². The minimum atomic E-state index is 0.989. The molecule has 188 valence electrons. The van der Waals surface area contributed by atoms with Crippen LogP contribution in [0.2, 0.25) is 0 Å². The Morgan fingerprint density at radius 3 is 0.842 bits per heavy atom. The summed E-state index contributed by atoms with van der Waals surface area (Å²) >= 11 is 14.2. The second kappa shape index (κ2) is 13.3. The number of hydrogen-bond donors (Lipinski definition) is 0. The maximum atomic E-state index is 4.55. The quantitative estimate of drug-likeness (QED) is 0.184. The van der Waals surface area contributed by atoms with Crippen molar-refractivity contribution in [2.45, 2.75) is 20.1 Å². The summed E-state index contributed by atoms with van der Waals surface area (Å²) < 4.78 is 7.51. The van der Waals surface area contributed by atoms with E-state index in [0.717, 1.165) is 20.1 Å². The van der Waals surface area contributed by atoms with Gasteiger partial charge in [0, 0.05) is 24.8 Å². The Morgan fingerprint density at radius 2 is 0.632 bits per heavy atom. The molecule has 0 aliphatic carbocycles. The minimum Gasteiger partial charge on any atom is -0.250 e. The average molecular weight is 641 g/mol. The normalized spacial score (nSPS) is 15.6. The molecule has 38 heavy (non-hydrogen) atoms. The molecule has 0 N–H and O–H groups in total. The third-order valence-corrected chi connectivity index (χ3v) is 15.6. The van der Waals surface area contributed by atoms with Gasteiger partial charge in [0.15, 0.2) is 0 Å². The topological polar surface area (TPSA) is 51.6 Å². The SMILES string of the molecule is c1ccc(SC2=C(Sc3ccccn3)SC(=C3SC(Sc4ccccn4)=C(Sc4ccccn4)S3)S2)nc1. The van der Waals surface area contributed by atoms with Crippen LogP contribution in [0.5, 0.6) is 0 Å². The van der Waals surface area contributed by atoms with Crippen LogP contribution < -0.4 is 0 Å². The van der Waals surface area contributed by atoms with Crippen molar-refractivity contribution in [3.63, 3.8) is 0 Å². The van der Waals surface area contributed by atoms with E-state index < -0.39 is 0 Å². The fourth-order valence-electron chi connectivity index (χ4n) is 2.97. The van der Waals surface area contributed by atoms with E-state index in [1.807, 2.05) is 120 Å². The molecule has 4 aromatic rings. The number of nitrogens with zero attached hydrogens (tertiary/aromatic N) is 4. The lowest BCUT2D eigenvalue weighted by atomic mass is 10.5. The first-order chi connectivity index (χ1) is 18.8. The van der Waals surface area contributed by atoms with Gasteiger partial charge in [-0.25, -0.2) is 19.9 Å². The molecule has 0 bridgehead atoms. The molecule has 0 unspecified atom stereocenters. The van der Waals surface area contributed by atoms with Crippen LogP contribution >= 0.6 is 94.1 Å². The summed E-state index contributed by atoms with van der Waals surface area (Å²) in [4.78, 5) is 18.2. The molecule has 12 heteroatoms. The van der Waals surface area contributed by atoms with Crippen LogP contribution in [0.15, 0.2) is 143 Å². The molecule has 0 atom stereocenters. The van der Waals surface area contributed by atoms with Gasteiger partial charge in [0.2, 0.25) is 0 Å². The summed E-state index contributed by atoms with van der Waals surface area (Å²) in [6, 6.07) is 24.1. The van der Waals surface area contributed by atoms with E-state index in [1.54, 1.807) is 47.0 Å². The maximum Gasteiger partial charge on any atom is 0.101 e. The van der Waals surface area contributed by atoms with Crippen LogP contribution in [0, 0.1) is 0 Å². The number of rotatable bonds is 8. The average Bonchev–Trinajstić information content (AvgIpc) is 3.54. The molecule has 0 aromatic carbocycles. The molecular weight excluding hydrogens is 625 g/mol. The molecule has 0 saturated heterocycles. The van der Waals surface area contributed by atoms with Crippen LogP contribution in [0.25, 0.3) is 0 Å². The van der Waals surface area contributed by atoms with Gasteiger partial charge in [0.05, 0.1) is 25.4 Å². The highest BCUT2D eigenvalue weighted by molar-refractivity contribution is 8.45. The van der Waals surface area contributed by atoms with Gasteiger partial charge in [0.1, 0.15) is 20.1 Å². The van der Waals surface area contributed by atoms with Crippen LogP contribution in [-0.4, -0.2) is 19.9 Å². The highest BCUT2D eigenvalue weighted by atomic mass is 32.3. The van der Waals surface area contributed by atoms with Crippen molar-refractivity contribution in [1.82, 2.24) is 19.9 Å². The molecule has 0 spiro atoms. The Bertz CT molecular complexity index is 1270. The van der Waals surface area contributed by atoms with Gasteiger partial charge in [-0.1, -0.05) is 118 Å². The maximum absolute atomic E-state index is 4.55. The largest absolute Gasteiger partial charge is 0.250 e. The van der Waals surface area contributed by atoms with Crippen molar-refractivity contribution in [3.8, 4) is 0 Å². The van der Waals surface area contributed by atoms with Crippen molar-refractivity contribution in [1.29, 1.82) is 0 Å². The first-order valence-corrected chi connectivity index (χ1v) is 17.6. The van der Waals surface area contributed by atoms with E-state index in [4.69, 9.17) is 0 Å². The third kappa shape index (κ3) is 7.03. The van der Waals surface area contributed by atoms with Gasteiger partial charge in [0.25, 0.3) is 0 Å². The Hall–Kier alpha value is -1.38. The molecule has 4 aromatic heterocycles. The standard InChI is InChI=1S/C26H16N4S8/c1-5-13-27-17(9-1)31-21-22(32-18-10-2-6-14-28-18)36-25(35-21)26-37-23(33-19-11-3-7-15-29-19)24(38-26)34-20-12-4-8-16-30-20/h1-16H. The Morgan fingerprint density at radius 1 is 0.368 bits per heavy atom. The lowest BCUT2D eigenvalue weighted by molar-refractivity contribution is 1.14. The first kappa shape index (κ1) is 26.8. The lowest BCUT2D eigenvalue weighted by Gasteiger charge is -2.03. The fraction of sp³-hybridized carbons (Fsp3) is 0. The van der Waals surface area contributed by atoms with Gasteiger partial charge in [-0.3, -0.25) is 0 Å². The molecule has 6 heterocycles. The highest BCUT2D eigenvalue weighted by Gasteiger charge is 2.32. The molecule has 0 radical (unpaired) electrons. The molecule has 6 rings (SSSR count). The zero-order chi connectivity index (χ0) is 25.6. The first-order valence-electron chi connectivity index (χ1n) is 11.1. The summed E-state index contributed by atoms with van der Waals surface area (Å²) in [5.41, 5.74) is 0. The highest BCUT2D eigenvalue weighted by Crippen LogP contribution is 2.67. The Kier molecular flexibility index (Phi) is 9.40. The number of pyridine rings is 4. The second-order valence-corrected chi connectivity index (χ2v) is 17.0. The van der Waals surface area contributed by atoms with Gasteiger partial charge in [-0.2, -0.15) is 0 Å². The predicted molar refractivity (Wildman–Crippen MR) is 172 cm³/mol. The van der Waals surface area contributed by atoms with Gasteiger partial charge >= 0.3 is 0 Å². The Labute approximate surface area is 255 Å². The van der Waals surface area contributed by atoms with Crippen LogP contribution in [-0.2, 0) is 0 Å². The van der Waals surface area contributed by atoms with Crippen LogP contribution in [0.1, 0.15) is 0 Å². The summed E-state index contributed by atoms with van der Waals surface area (Å²) in [6.45, 7) is 0. The van der Waals surface area contributed by atoms with Crippen molar-refractivity contribution < 1.29 is 0 Å². The summed E-state index contributed by atoms with van der Waals surface area (Å²) in [5, 5.41) is 3.96. The summed E-state index contributed by atoms with van der Waals surface area (Å²) in [7, 11) is 0. The number of aromatic nitrogens is 4. The summed E-state index contributed by atoms with van der Waals surface area (Å²) in [6.07, 6.45) is 7.37. The zero-order valence-electron chi connectivity index (χ0n) is 19.3. The zero-order valence-corrected chi connectivity index (χ0v) is 25.8. The van der Waals surface area contributed by atoms with E-state index in [-0.39, 0.29) is 0 Å². The van der Waals surface area contributed by atoms with Crippen LogP contribution in [0.3, 0.4) is 0 Å². The third-order valence-electron chi connectivity index (χ3n) is 4.58. The molecule has 0 amide bonds. The van der Waals surface area contributed by atoms with Gasteiger partial charge < -0.3 is 0 Å². The van der Waals surface area contributed by atoms with E-state index in [0.29, 0.717) is 0 Å². The van der Waals surface area contributed by atoms with Gasteiger partial charge in [-0.15, -0.1) is 0 Å². The second-order valence-electron chi connectivity index (χ2n) is 7.21. The fourth-order valence-corrected chi connectivity index (χ4v) is 14.1. The van der Waals surface area contributed by atoms with E-state index >= 15 is 0 Å². The molecule has 2 aliphatic heterocycles. The molecule has 2 aliphatic rings.